The molecule has 0 bridgehead atoms. The Kier molecular flexibility index (Phi) is 6.09. The number of rotatable bonds is 7. The molecule has 0 aliphatic heterocycles. The fourth-order valence-electron chi connectivity index (χ4n) is 3.91. The smallest absolute Gasteiger partial charge is 0.336 e. The number of fused-ring (bicyclic) bond motifs is 1. The highest BCUT2D eigenvalue weighted by molar-refractivity contribution is 6.03. The number of ether oxygens (including phenoxy) is 1. The molecule has 6 nitrogen and oxygen atoms in total. The van der Waals surface area contributed by atoms with Gasteiger partial charge < -0.3 is 9.84 Å². The summed E-state index contributed by atoms with van der Waals surface area (Å²) in [6, 6.07) is 28.8. The van der Waals surface area contributed by atoms with Gasteiger partial charge in [-0.15, -0.1) is 0 Å². The lowest BCUT2D eigenvalue weighted by Crippen LogP contribution is -2.04. The van der Waals surface area contributed by atoms with Crippen LogP contribution in [0.4, 0.5) is 0 Å². The highest BCUT2D eigenvalue weighted by atomic mass is 16.5. The molecular formula is C29H23N3O3. The van der Waals surface area contributed by atoms with E-state index in [1.807, 2.05) is 97.9 Å². The largest absolute Gasteiger partial charge is 0.478 e. The van der Waals surface area contributed by atoms with Crippen LogP contribution in [0.15, 0.2) is 91.0 Å². The third-order valence-electron chi connectivity index (χ3n) is 5.70. The van der Waals surface area contributed by atoms with E-state index in [0.29, 0.717) is 23.3 Å². The number of aromatic carboxylic acids is 1. The molecule has 2 aromatic heterocycles. The zero-order chi connectivity index (χ0) is 24.2. The van der Waals surface area contributed by atoms with Gasteiger partial charge in [0.15, 0.2) is 5.65 Å². The maximum Gasteiger partial charge on any atom is 0.336 e. The predicted octanol–water partition coefficient (Wildman–Crippen LogP) is 6.45. The van der Waals surface area contributed by atoms with Crippen LogP contribution in [0.1, 0.15) is 32.9 Å². The highest BCUT2D eigenvalue weighted by Crippen LogP contribution is 2.25. The molecule has 0 amide bonds. The van der Waals surface area contributed by atoms with E-state index >= 15 is 0 Å². The first-order valence-corrected chi connectivity index (χ1v) is 11.2. The summed E-state index contributed by atoms with van der Waals surface area (Å²) in [4.78, 5) is 16.7. The SMILES string of the molecule is Cc1c2c(C(=O)O)cc(/C=C/c3ccccc3)nc2nn1Cc1ccc(Oc2ccccc2)cc1. The van der Waals surface area contributed by atoms with Crippen LogP contribution in [0, 0.1) is 6.92 Å². The van der Waals surface area contributed by atoms with Gasteiger partial charge >= 0.3 is 5.97 Å². The first-order chi connectivity index (χ1) is 17.1. The molecular weight excluding hydrogens is 438 g/mol. The topological polar surface area (TPSA) is 77.2 Å². The summed E-state index contributed by atoms with van der Waals surface area (Å²) in [7, 11) is 0. The number of carboxylic acid groups (broad SMARTS) is 1. The van der Waals surface area contributed by atoms with Crippen molar-refractivity contribution in [2.45, 2.75) is 13.5 Å². The van der Waals surface area contributed by atoms with Crippen LogP contribution >= 0.6 is 0 Å². The molecule has 0 unspecified atom stereocenters. The quantitative estimate of drug-likeness (QED) is 0.301. The number of aryl methyl sites for hydroxylation is 1. The van der Waals surface area contributed by atoms with E-state index in [1.165, 1.54) is 0 Å². The normalized spacial score (nSPS) is 11.2. The zero-order valence-corrected chi connectivity index (χ0v) is 19.1. The van der Waals surface area contributed by atoms with Crippen LogP contribution in [0.3, 0.4) is 0 Å². The van der Waals surface area contributed by atoms with Gasteiger partial charge in [0.1, 0.15) is 11.5 Å². The molecule has 0 saturated carbocycles. The number of aromatic nitrogens is 3. The Hall–Kier alpha value is -4.71. The molecule has 0 radical (unpaired) electrons. The van der Waals surface area contributed by atoms with E-state index in [-0.39, 0.29) is 5.56 Å². The molecule has 0 aliphatic carbocycles. The van der Waals surface area contributed by atoms with E-state index in [2.05, 4.69) is 10.1 Å². The van der Waals surface area contributed by atoms with E-state index in [0.717, 1.165) is 28.3 Å². The molecule has 2 heterocycles. The van der Waals surface area contributed by atoms with Crippen LogP contribution < -0.4 is 4.74 Å². The minimum Gasteiger partial charge on any atom is -0.478 e. The molecule has 0 aliphatic rings. The Morgan fingerprint density at radius 3 is 2.26 bits per heavy atom. The lowest BCUT2D eigenvalue weighted by molar-refractivity contribution is 0.0699. The fourth-order valence-corrected chi connectivity index (χ4v) is 3.91. The number of carboxylic acids is 1. The first-order valence-electron chi connectivity index (χ1n) is 11.2. The Labute approximate surface area is 202 Å². The summed E-state index contributed by atoms with van der Waals surface area (Å²) in [5.74, 6) is 0.516. The average molecular weight is 462 g/mol. The number of carbonyl (C=O) groups is 1. The van der Waals surface area contributed by atoms with Crippen molar-refractivity contribution in [1.29, 1.82) is 0 Å². The maximum atomic E-state index is 12.0. The molecule has 35 heavy (non-hydrogen) atoms. The molecule has 5 rings (SSSR count). The van der Waals surface area contributed by atoms with Crippen molar-refractivity contribution in [2.75, 3.05) is 0 Å². The first kappa shape index (κ1) is 22.1. The number of nitrogens with zero attached hydrogens (tertiary/aromatic N) is 3. The maximum absolute atomic E-state index is 12.0. The molecule has 3 aromatic carbocycles. The van der Waals surface area contributed by atoms with Gasteiger partial charge in [0.25, 0.3) is 0 Å². The molecule has 172 valence electrons. The summed E-state index contributed by atoms with van der Waals surface area (Å²) >= 11 is 0. The lowest BCUT2D eigenvalue weighted by atomic mass is 10.1. The molecule has 0 fully saturated rings. The molecule has 0 saturated heterocycles. The summed E-state index contributed by atoms with van der Waals surface area (Å²) in [6.07, 6.45) is 3.71. The molecule has 5 aromatic rings. The number of para-hydroxylation sites is 1. The number of benzene rings is 3. The standard InChI is InChI=1S/C29H23N3O3/c1-20-27-26(29(33)34)18-23(15-12-21-8-4-2-5-9-21)30-28(27)31-32(20)19-22-13-16-25(17-14-22)35-24-10-6-3-7-11-24/h2-18H,19H2,1H3,(H,33,34)/b15-12+. The van der Waals surface area contributed by atoms with Crippen molar-refractivity contribution >= 4 is 29.2 Å². The van der Waals surface area contributed by atoms with Gasteiger partial charge in [0, 0.05) is 5.69 Å². The van der Waals surface area contributed by atoms with E-state index in [9.17, 15) is 9.90 Å². The Bertz CT molecular complexity index is 1510. The van der Waals surface area contributed by atoms with Gasteiger partial charge in [-0.1, -0.05) is 66.7 Å². The lowest BCUT2D eigenvalue weighted by Gasteiger charge is -2.08. The van der Waals surface area contributed by atoms with Crippen LogP contribution in [0.5, 0.6) is 11.5 Å². The van der Waals surface area contributed by atoms with Crippen molar-refractivity contribution in [2.24, 2.45) is 0 Å². The predicted molar refractivity (Wildman–Crippen MR) is 137 cm³/mol. The molecule has 0 spiro atoms. The van der Waals surface area contributed by atoms with Gasteiger partial charge in [-0.2, -0.15) is 5.10 Å². The van der Waals surface area contributed by atoms with E-state index in [4.69, 9.17) is 4.74 Å². The Balaban J connectivity index is 1.42. The average Bonchev–Trinajstić information content (AvgIpc) is 3.19. The van der Waals surface area contributed by atoms with Gasteiger partial charge in [0.2, 0.25) is 0 Å². The summed E-state index contributed by atoms with van der Waals surface area (Å²) < 4.78 is 7.65. The van der Waals surface area contributed by atoms with Crippen LogP contribution in [-0.2, 0) is 6.54 Å². The number of hydrogen-bond acceptors (Lipinski definition) is 4. The van der Waals surface area contributed by atoms with Crippen molar-refractivity contribution in [3.8, 4) is 11.5 Å². The molecule has 6 heteroatoms. The van der Waals surface area contributed by atoms with Gasteiger partial charge in [-0.3, -0.25) is 4.68 Å². The van der Waals surface area contributed by atoms with Crippen molar-refractivity contribution < 1.29 is 14.6 Å². The summed E-state index contributed by atoms with van der Waals surface area (Å²) in [6.45, 7) is 2.36. The van der Waals surface area contributed by atoms with Gasteiger partial charge in [-0.25, -0.2) is 9.78 Å². The van der Waals surface area contributed by atoms with E-state index < -0.39 is 5.97 Å². The molecule has 0 atom stereocenters. The van der Waals surface area contributed by atoms with Gasteiger partial charge in [0.05, 0.1) is 23.2 Å². The van der Waals surface area contributed by atoms with Crippen LogP contribution in [-0.4, -0.2) is 25.8 Å². The summed E-state index contributed by atoms with van der Waals surface area (Å²) in [5.41, 5.74) is 3.94. The molecule has 1 N–H and O–H groups in total. The zero-order valence-electron chi connectivity index (χ0n) is 19.1. The minimum atomic E-state index is -1.00. The fraction of sp³-hybridized carbons (Fsp3) is 0.0690. The van der Waals surface area contributed by atoms with E-state index in [1.54, 1.807) is 16.8 Å². The second-order valence-electron chi connectivity index (χ2n) is 8.14. The number of hydrogen-bond donors (Lipinski definition) is 1. The summed E-state index contributed by atoms with van der Waals surface area (Å²) in [5, 5.41) is 15.1. The minimum absolute atomic E-state index is 0.193. The third-order valence-corrected chi connectivity index (χ3v) is 5.70. The second-order valence-corrected chi connectivity index (χ2v) is 8.14. The third kappa shape index (κ3) is 4.96. The van der Waals surface area contributed by atoms with Crippen LogP contribution in [0.2, 0.25) is 0 Å². The van der Waals surface area contributed by atoms with Gasteiger partial charge in [-0.05, 0) is 54.5 Å². The number of pyridine rings is 1. The highest BCUT2D eigenvalue weighted by Gasteiger charge is 2.18. The van der Waals surface area contributed by atoms with Crippen molar-refractivity contribution in [1.82, 2.24) is 14.8 Å². The Morgan fingerprint density at radius 2 is 1.57 bits per heavy atom. The monoisotopic (exact) mass is 461 g/mol. The van der Waals surface area contributed by atoms with Crippen LogP contribution in [0.25, 0.3) is 23.2 Å². The van der Waals surface area contributed by atoms with Crippen molar-refractivity contribution in [3.05, 3.63) is 119 Å². The second kappa shape index (κ2) is 9.65. The Morgan fingerprint density at radius 1 is 0.914 bits per heavy atom. The van der Waals surface area contributed by atoms with Crippen molar-refractivity contribution in [3.63, 3.8) is 0 Å².